The Morgan fingerprint density at radius 2 is 1.66 bits per heavy atom. The third-order valence-electron chi connectivity index (χ3n) is 5.86. The first kappa shape index (κ1) is 22.7. The van der Waals surface area contributed by atoms with Crippen molar-refractivity contribution in [1.29, 1.82) is 0 Å². The van der Waals surface area contributed by atoms with Crippen LogP contribution in [0.3, 0.4) is 0 Å². The van der Waals surface area contributed by atoms with Crippen LogP contribution >= 0.6 is 11.6 Å². The van der Waals surface area contributed by atoms with Gasteiger partial charge in [0.25, 0.3) is 5.56 Å². The highest BCUT2D eigenvalue weighted by Crippen LogP contribution is 2.33. The van der Waals surface area contributed by atoms with E-state index >= 15 is 0 Å². The van der Waals surface area contributed by atoms with Gasteiger partial charge in [-0.3, -0.25) is 14.4 Å². The molecule has 0 spiro atoms. The SMILES string of the molecule is CC1(C)CN(Cc2cc(F)cc(F)c2)Cc2c1n(CCO)n(Cc1ccc(Cl)cc1)c2=O. The molecule has 5 nitrogen and oxygen atoms in total. The smallest absolute Gasteiger partial charge is 0.271 e. The van der Waals surface area contributed by atoms with Gasteiger partial charge in [0, 0.05) is 36.1 Å². The number of benzene rings is 2. The lowest BCUT2D eigenvalue weighted by atomic mass is 9.82. The number of aliphatic hydroxyl groups excluding tert-OH is 1. The van der Waals surface area contributed by atoms with Crippen LogP contribution in [0.25, 0.3) is 0 Å². The highest BCUT2D eigenvalue weighted by atomic mass is 35.5. The van der Waals surface area contributed by atoms with Gasteiger partial charge in [-0.1, -0.05) is 37.6 Å². The summed E-state index contributed by atoms with van der Waals surface area (Å²) in [6.07, 6.45) is 0. The summed E-state index contributed by atoms with van der Waals surface area (Å²) in [7, 11) is 0. The van der Waals surface area contributed by atoms with Gasteiger partial charge in [-0.25, -0.2) is 13.5 Å². The normalized spacial score (nSPS) is 15.7. The number of aromatic nitrogens is 2. The number of fused-ring (bicyclic) bond motifs is 1. The summed E-state index contributed by atoms with van der Waals surface area (Å²) in [5.74, 6) is -1.23. The van der Waals surface area contributed by atoms with E-state index in [2.05, 4.69) is 0 Å². The molecule has 1 aromatic heterocycles. The van der Waals surface area contributed by atoms with E-state index in [4.69, 9.17) is 11.6 Å². The summed E-state index contributed by atoms with van der Waals surface area (Å²) < 4.78 is 30.9. The topological polar surface area (TPSA) is 50.4 Å². The van der Waals surface area contributed by atoms with Crippen molar-refractivity contribution in [3.8, 4) is 0 Å². The largest absolute Gasteiger partial charge is 0.394 e. The molecule has 0 amide bonds. The van der Waals surface area contributed by atoms with Crippen LogP contribution in [0.4, 0.5) is 8.78 Å². The summed E-state index contributed by atoms with van der Waals surface area (Å²) in [5.41, 5.74) is 2.48. The Morgan fingerprint density at radius 1 is 1.00 bits per heavy atom. The van der Waals surface area contributed by atoms with E-state index in [0.29, 0.717) is 48.9 Å². The van der Waals surface area contributed by atoms with Crippen LogP contribution in [-0.2, 0) is 31.6 Å². The number of hydrogen-bond acceptors (Lipinski definition) is 3. The van der Waals surface area contributed by atoms with Crippen LogP contribution in [0.2, 0.25) is 5.02 Å². The Morgan fingerprint density at radius 3 is 2.28 bits per heavy atom. The number of aliphatic hydroxyl groups is 1. The first-order chi connectivity index (χ1) is 15.2. The molecule has 1 aliphatic heterocycles. The van der Waals surface area contributed by atoms with Gasteiger partial charge in [0.15, 0.2) is 0 Å². The number of halogens is 3. The number of rotatable bonds is 6. The minimum Gasteiger partial charge on any atom is -0.394 e. The maximum Gasteiger partial charge on any atom is 0.271 e. The Bertz CT molecular complexity index is 1160. The van der Waals surface area contributed by atoms with Gasteiger partial charge in [0.05, 0.1) is 31.0 Å². The minimum atomic E-state index is -0.614. The van der Waals surface area contributed by atoms with E-state index in [1.807, 2.05) is 35.6 Å². The molecule has 2 heterocycles. The first-order valence-electron chi connectivity index (χ1n) is 10.5. The molecule has 0 unspecified atom stereocenters. The van der Waals surface area contributed by atoms with E-state index in [9.17, 15) is 18.7 Å². The van der Waals surface area contributed by atoms with Crippen molar-refractivity contribution < 1.29 is 13.9 Å². The minimum absolute atomic E-state index is 0.0937. The molecular weight excluding hydrogens is 436 g/mol. The summed E-state index contributed by atoms with van der Waals surface area (Å²) >= 11 is 5.99. The Hall–Kier alpha value is -2.48. The van der Waals surface area contributed by atoms with Crippen LogP contribution < -0.4 is 5.56 Å². The maximum absolute atomic E-state index is 13.7. The third-order valence-corrected chi connectivity index (χ3v) is 6.11. The van der Waals surface area contributed by atoms with Crippen molar-refractivity contribution in [2.45, 2.75) is 45.4 Å². The van der Waals surface area contributed by atoms with Gasteiger partial charge >= 0.3 is 0 Å². The summed E-state index contributed by atoms with van der Waals surface area (Å²) in [4.78, 5) is 15.5. The maximum atomic E-state index is 13.7. The molecule has 0 saturated carbocycles. The molecule has 32 heavy (non-hydrogen) atoms. The average molecular weight is 462 g/mol. The lowest BCUT2D eigenvalue weighted by Gasteiger charge is -2.38. The van der Waals surface area contributed by atoms with Gasteiger partial charge in [-0.05, 0) is 35.4 Å². The first-order valence-corrected chi connectivity index (χ1v) is 10.9. The highest BCUT2D eigenvalue weighted by molar-refractivity contribution is 6.30. The Balaban J connectivity index is 1.72. The fourth-order valence-corrected chi connectivity index (χ4v) is 4.90. The quantitative estimate of drug-likeness (QED) is 0.605. The van der Waals surface area contributed by atoms with Crippen LogP contribution in [0.15, 0.2) is 47.3 Å². The van der Waals surface area contributed by atoms with E-state index in [1.165, 1.54) is 12.1 Å². The average Bonchev–Trinajstić information content (AvgIpc) is 2.95. The van der Waals surface area contributed by atoms with Crippen LogP contribution in [0.1, 0.15) is 36.2 Å². The van der Waals surface area contributed by atoms with Crippen molar-refractivity contribution in [2.24, 2.45) is 0 Å². The van der Waals surface area contributed by atoms with Crippen LogP contribution in [0, 0.1) is 11.6 Å². The molecule has 0 radical (unpaired) electrons. The molecule has 0 atom stereocenters. The number of hydrogen-bond donors (Lipinski definition) is 1. The molecule has 2 aromatic carbocycles. The second kappa shape index (κ2) is 8.81. The van der Waals surface area contributed by atoms with Crippen molar-refractivity contribution in [3.05, 3.63) is 91.9 Å². The fourth-order valence-electron chi connectivity index (χ4n) is 4.78. The molecule has 170 valence electrons. The van der Waals surface area contributed by atoms with E-state index in [-0.39, 0.29) is 12.2 Å². The predicted molar refractivity (Wildman–Crippen MR) is 120 cm³/mol. The zero-order valence-corrected chi connectivity index (χ0v) is 18.9. The van der Waals surface area contributed by atoms with Crippen molar-refractivity contribution in [1.82, 2.24) is 14.3 Å². The lowest BCUT2D eigenvalue weighted by Crippen LogP contribution is -2.43. The van der Waals surface area contributed by atoms with Gasteiger partial charge in [-0.2, -0.15) is 0 Å². The monoisotopic (exact) mass is 461 g/mol. The lowest BCUT2D eigenvalue weighted by molar-refractivity contribution is 0.174. The van der Waals surface area contributed by atoms with E-state index in [1.54, 1.807) is 16.8 Å². The molecule has 0 saturated heterocycles. The Labute approximate surface area is 190 Å². The van der Waals surface area contributed by atoms with Gasteiger partial charge < -0.3 is 5.11 Å². The van der Waals surface area contributed by atoms with Crippen LogP contribution in [0.5, 0.6) is 0 Å². The van der Waals surface area contributed by atoms with E-state index < -0.39 is 17.0 Å². The fraction of sp³-hybridized carbons (Fsp3) is 0.375. The highest BCUT2D eigenvalue weighted by Gasteiger charge is 2.38. The zero-order chi connectivity index (χ0) is 23.0. The molecule has 3 aromatic rings. The molecule has 0 fully saturated rings. The molecule has 0 aliphatic carbocycles. The molecule has 1 N–H and O–H groups in total. The zero-order valence-electron chi connectivity index (χ0n) is 18.1. The van der Waals surface area contributed by atoms with Crippen molar-refractivity contribution in [3.63, 3.8) is 0 Å². The van der Waals surface area contributed by atoms with Gasteiger partial charge in [-0.15, -0.1) is 0 Å². The molecule has 4 rings (SSSR count). The van der Waals surface area contributed by atoms with Gasteiger partial charge in [0.2, 0.25) is 0 Å². The van der Waals surface area contributed by atoms with Gasteiger partial charge in [0.1, 0.15) is 11.6 Å². The van der Waals surface area contributed by atoms with E-state index in [0.717, 1.165) is 17.3 Å². The predicted octanol–water partition coefficient (Wildman–Crippen LogP) is 3.92. The van der Waals surface area contributed by atoms with Crippen molar-refractivity contribution >= 4 is 11.6 Å². The Kier molecular flexibility index (Phi) is 6.25. The molecule has 0 bridgehead atoms. The summed E-state index contributed by atoms with van der Waals surface area (Å²) in [5, 5.41) is 10.3. The second-order valence-corrected chi connectivity index (χ2v) is 9.41. The molecular formula is C24H26ClF2N3O2. The number of nitrogens with zero attached hydrogens (tertiary/aromatic N) is 3. The van der Waals surface area contributed by atoms with Crippen molar-refractivity contribution in [2.75, 3.05) is 13.2 Å². The molecule has 8 heteroatoms. The summed E-state index contributed by atoms with van der Waals surface area (Å²) in [6, 6.07) is 10.8. The molecule has 1 aliphatic rings. The second-order valence-electron chi connectivity index (χ2n) is 8.97. The van der Waals surface area contributed by atoms with Crippen LogP contribution in [-0.4, -0.2) is 32.5 Å². The summed E-state index contributed by atoms with van der Waals surface area (Å²) in [6.45, 7) is 5.96. The third kappa shape index (κ3) is 4.51. The standard InChI is InChI=1S/C24H26ClF2N3O2/c1-24(2)15-28(12-17-9-19(26)11-20(27)10-17)14-21-22(24)29(7-8-31)30(23(21)32)13-16-3-5-18(25)6-4-16/h3-6,9-11,31H,7-8,12-15H2,1-2H3.